The molecule has 0 aliphatic heterocycles. The summed E-state index contributed by atoms with van der Waals surface area (Å²) in [5.41, 5.74) is 1.56. The van der Waals surface area contributed by atoms with E-state index in [1.165, 1.54) is 21.3 Å². The Kier molecular flexibility index (Phi) is 9.19. The van der Waals surface area contributed by atoms with Gasteiger partial charge in [-0.1, -0.05) is 30.4 Å². The molecule has 214 valence electrons. The highest BCUT2D eigenvalue weighted by atomic mass is 16.5. The van der Waals surface area contributed by atoms with Crippen molar-refractivity contribution in [1.29, 1.82) is 0 Å². The summed E-state index contributed by atoms with van der Waals surface area (Å²) in [5, 5.41) is 5.91. The van der Waals surface area contributed by atoms with Gasteiger partial charge in [0, 0.05) is 29.1 Å². The quantitative estimate of drug-likeness (QED) is 0.324. The van der Waals surface area contributed by atoms with Crippen LogP contribution in [0.3, 0.4) is 0 Å². The molecule has 3 aromatic carbocycles. The van der Waals surface area contributed by atoms with Crippen molar-refractivity contribution in [3.8, 4) is 28.7 Å². The normalized spacial score (nSPS) is 15.8. The summed E-state index contributed by atoms with van der Waals surface area (Å²) >= 11 is 0. The average Bonchev–Trinajstić information content (AvgIpc) is 3.01. The van der Waals surface area contributed by atoms with E-state index in [0.717, 1.165) is 11.3 Å². The zero-order valence-electron chi connectivity index (χ0n) is 23.8. The molecular weight excluding hydrogens is 524 g/mol. The van der Waals surface area contributed by atoms with Gasteiger partial charge in [0.15, 0.2) is 11.5 Å². The van der Waals surface area contributed by atoms with E-state index < -0.39 is 5.41 Å². The summed E-state index contributed by atoms with van der Waals surface area (Å²) in [6.07, 6.45) is 5.98. The van der Waals surface area contributed by atoms with E-state index in [1.54, 1.807) is 68.8 Å². The van der Waals surface area contributed by atoms with Crippen LogP contribution in [-0.2, 0) is 16.0 Å². The number of hydrogen-bond acceptors (Lipinski definition) is 7. The van der Waals surface area contributed by atoms with Gasteiger partial charge in [0.05, 0.1) is 41.0 Å². The molecule has 1 atom stereocenters. The summed E-state index contributed by atoms with van der Waals surface area (Å²) in [6, 6.07) is 18.0. The maximum absolute atomic E-state index is 14.0. The van der Waals surface area contributed by atoms with E-state index in [-0.39, 0.29) is 11.8 Å². The lowest BCUT2D eigenvalue weighted by atomic mass is 9.74. The van der Waals surface area contributed by atoms with Crippen LogP contribution in [0.5, 0.6) is 28.7 Å². The van der Waals surface area contributed by atoms with Gasteiger partial charge in [-0.25, -0.2) is 0 Å². The zero-order valence-corrected chi connectivity index (χ0v) is 23.8. The summed E-state index contributed by atoms with van der Waals surface area (Å²) in [6.45, 7) is 0. The molecule has 0 saturated carbocycles. The second-order valence-corrected chi connectivity index (χ2v) is 9.43. The van der Waals surface area contributed by atoms with Crippen molar-refractivity contribution in [3.05, 3.63) is 90.0 Å². The van der Waals surface area contributed by atoms with Crippen LogP contribution in [0.25, 0.3) is 0 Å². The molecule has 0 spiro atoms. The summed E-state index contributed by atoms with van der Waals surface area (Å²) in [4.78, 5) is 27.0. The summed E-state index contributed by atoms with van der Waals surface area (Å²) in [7, 11) is 7.74. The second-order valence-electron chi connectivity index (χ2n) is 9.43. The van der Waals surface area contributed by atoms with Gasteiger partial charge in [-0.3, -0.25) is 9.59 Å². The molecular formula is C32H34N2O7. The lowest BCUT2D eigenvalue weighted by Gasteiger charge is -2.31. The third-order valence-corrected chi connectivity index (χ3v) is 6.93. The van der Waals surface area contributed by atoms with Crippen LogP contribution in [0.2, 0.25) is 0 Å². The third kappa shape index (κ3) is 6.63. The van der Waals surface area contributed by atoms with Crippen LogP contribution in [0.4, 0.5) is 11.4 Å². The molecule has 0 bridgehead atoms. The minimum absolute atomic E-state index is 0.246. The first-order valence-electron chi connectivity index (χ1n) is 12.9. The van der Waals surface area contributed by atoms with Crippen LogP contribution in [0.1, 0.15) is 12.0 Å². The van der Waals surface area contributed by atoms with Gasteiger partial charge < -0.3 is 34.3 Å². The van der Waals surface area contributed by atoms with Gasteiger partial charge in [-0.2, -0.15) is 0 Å². The molecule has 1 aliphatic carbocycles. The molecule has 4 rings (SSSR count). The Bertz CT molecular complexity index is 1420. The predicted molar refractivity (Wildman–Crippen MR) is 157 cm³/mol. The number of ether oxygens (including phenoxy) is 5. The minimum Gasteiger partial charge on any atom is -0.497 e. The molecule has 9 heteroatoms. The predicted octanol–water partition coefficient (Wildman–Crippen LogP) is 5.42. The Hall–Kier alpha value is -4.92. The van der Waals surface area contributed by atoms with E-state index in [4.69, 9.17) is 23.7 Å². The maximum Gasteiger partial charge on any atom is 0.255 e. The SMILES string of the molecule is COc1ccc(CC2(C(=O)Nc3cc(OC)c(OC)c(OC)c3)C=CC(C(=O)Nc3ccc(OC)cc3)=CC2)cc1. The zero-order chi connectivity index (χ0) is 29.4. The monoisotopic (exact) mass is 558 g/mol. The Morgan fingerprint density at radius 3 is 1.80 bits per heavy atom. The second kappa shape index (κ2) is 13.0. The van der Waals surface area contributed by atoms with Crippen molar-refractivity contribution in [3.63, 3.8) is 0 Å². The van der Waals surface area contributed by atoms with Gasteiger partial charge in [0.2, 0.25) is 11.7 Å². The van der Waals surface area contributed by atoms with Crippen LogP contribution in [0.15, 0.2) is 84.5 Å². The van der Waals surface area contributed by atoms with Crippen molar-refractivity contribution < 1.29 is 33.3 Å². The molecule has 0 fully saturated rings. The highest BCUT2D eigenvalue weighted by Crippen LogP contribution is 2.41. The number of carbonyl (C=O) groups is 2. The van der Waals surface area contributed by atoms with Gasteiger partial charge in [-0.05, 0) is 54.8 Å². The van der Waals surface area contributed by atoms with Crippen LogP contribution in [0, 0.1) is 5.41 Å². The fourth-order valence-electron chi connectivity index (χ4n) is 4.62. The fourth-order valence-corrected chi connectivity index (χ4v) is 4.62. The van der Waals surface area contributed by atoms with Gasteiger partial charge in [0.25, 0.3) is 5.91 Å². The Morgan fingerprint density at radius 2 is 1.32 bits per heavy atom. The smallest absolute Gasteiger partial charge is 0.255 e. The maximum atomic E-state index is 14.0. The van der Waals surface area contributed by atoms with Crippen LogP contribution < -0.4 is 34.3 Å². The van der Waals surface area contributed by atoms with E-state index >= 15 is 0 Å². The topological polar surface area (TPSA) is 104 Å². The van der Waals surface area contributed by atoms with Crippen molar-refractivity contribution in [2.24, 2.45) is 5.41 Å². The number of amides is 2. The van der Waals surface area contributed by atoms with E-state index in [0.29, 0.717) is 52.8 Å². The van der Waals surface area contributed by atoms with E-state index in [1.807, 2.05) is 24.3 Å². The standard InChI is InChI=1S/C32H34N2O7/c1-37-25-10-6-21(7-11-25)20-32(31(36)34-24-18-27(39-3)29(41-5)28(19-24)40-4)16-14-22(15-17-32)30(35)33-23-8-12-26(38-2)13-9-23/h6-16,18-19H,17,20H2,1-5H3,(H,33,35)(H,34,36). The Labute approximate surface area is 239 Å². The lowest BCUT2D eigenvalue weighted by Crippen LogP contribution is -2.38. The molecule has 41 heavy (non-hydrogen) atoms. The van der Waals surface area contributed by atoms with Crippen molar-refractivity contribution in [2.45, 2.75) is 12.8 Å². The number of nitrogens with one attached hydrogen (secondary N) is 2. The molecule has 1 aliphatic rings. The van der Waals surface area contributed by atoms with Crippen molar-refractivity contribution in [1.82, 2.24) is 0 Å². The average molecular weight is 559 g/mol. The van der Waals surface area contributed by atoms with Crippen molar-refractivity contribution >= 4 is 23.2 Å². The number of anilines is 2. The summed E-state index contributed by atoms with van der Waals surface area (Å²) in [5.74, 6) is 2.17. The van der Waals surface area contributed by atoms with Crippen molar-refractivity contribution in [2.75, 3.05) is 46.2 Å². The summed E-state index contributed by atoms with van der Waals surface area (Å²) < 4.78 is 26.8. The molecule has 0 saturated heterocycles. The van der Waals surface area contributed by atoms with Crippen LogP contribution in [-0.4, -0.2) is 47.4 Å². The lowest BCUT2D eigenvalue weighted by molar-refractivity contribution is -0.123. The minimum atomic E-state index is -0.973. The molecule has 0 radical (unpaired) electrons. The third-order valence-electron chi connectivity index (χ3n) is 6.93. The number of hydrogen-bond donors (Lipinski definition) is 2. The molecule has 9 nitrogen and oxygen atoms in total. The van der Waals surface area contributed by atoms with Gasteiger partial charge >= 0.3 is 0 Å². The first kappa shape index (κ1) is 29.1. The first-order chi connectivity index (χ1) is 19.8. The number of allylic oxidation sites excluding steroid dienone is 1. The molecule has 0 heterocycles. The molecule has 3 aromatic rings. The highest BCUT2D eigenvalue weighted by Gasteiger charge is 2.38. The number of benzene rings is 3. The number of methoxy groups -OCH3 is 5. The number of carbonyl (C=O) groups excluding carboxylic acids is 2. The number of rotatable bonds is 11. The van der Waals surface area contributed by atoms with Gasteiger partial charge in [0.1, 0.15) is 11.5 Å². The van der Waals surface area contributed by atoms with E-state index in [2.05, 4.69) is 10.6 Å². The fraction of sp³-hybridized carbons (Fsp3) is 0.250. The van der Waals surface area contributed by atoms with Crippen LogP contribution >= 0.6 is 0 Å². The molecule has 0 aromatic heterocycles. The highest BCUT2D eigenvalue weighted by molar-refractivity contribution is 6.07. The molecule has 2 N–H and O–H groups in total. The molecule has 2 amide bonds. The van der Waals surface area contributed by atoms with Gasteiger partial charge in [-0.15, -0.1) is 0 Å². The first-order valence-corrected chi connectivity index (χ1v) is 12.9. The Morgan fingerprint density at radius 1 is 0.732 bits per heavy atom. The Balaban J connectivity index is 1.60. The van der Waals surface area contributed by atoms with E-state index in [9.17, 15) is 9.59 Å². The molecule has 1 unspecified atom stereocenters. The largest absolute Gasteiger partial charge is 0.497 e.